The Hall–Kier alpha value is -0.570. The smallest absolute Gasteiger partial charge is 0.239 e. The molecule has 1 saturated carbocycles. The molecule has 0 spiro atoms. The molecule has 1 aliphatic heterocycles. The normalized spacial score (nSPS) is 37.2. The molecule has 1 N–H and O–H groups in total. The molecule has 1 amide bonds. The van der Waals surface area contributed by atoms with Crippen LogP contribution in [0.15, 0.2) is 0 Å². The highest BCUT2D eigenvalue weighted by Gasteiger charge is 2.35. The van der Waals surface area contributed by atoms with Crippen LogP contribution in [0, 0.1) is 23.7 Å². The molecule has 3 nitrogen and oxygen atoms in total. The number of piperidine rings is 1. The third-order valence-corrected chi connectivity index (χ3v) is 5.70. The monoisotopic (exact) mass is 294 g/mol. The highest BCUT2D eigenvalue weighted by molar-refractivity contribution is 5.82. The molecule has 2 fully saturated rings. The Bertz CT molecular complexity index is 330. The van der Waals surface area contributed by atoms with Crippen LogP contribution in [0.25, 0.3) is 0 Å². The lowest BCUT2D eigenvalue weighted by atomic mass is 9.68. The maximum atomic E-state index is 12.6. The summed E-state index contributed by atoms with van der Waals surface area (Å²) in [7, 11) is 0. The summed E-state index contributed by atoms with van der Waals surface area (Å²) in [6.07, 6.45) is 6.46. The first kappa shape index (κ1) is 16.8. The molecule has 0 radical (unpaired) electrons. The Morgan fingerprint density at radius 3 is 2.19 bits per heavy atom. The number of rotatable bonds is 4. The van der Waals surface area contributed by atoms with Gasteiger partial charge in [-0.2, -0.15) is 0 Å². The second kappa shape index (κ2) is 7.62. The summed E-state index contributed by atoms with van der Waals surface area (Å²) in [4.78, 5) is 14.6. The third kappa shape index (κ3) is 4.21. The lowest BCUT2D eigenvalue weighted by Crippen LogP contribution is -2.51. The van der Waals surface area contributed by atoms with E-state index in [1.54, 1.807) is 0 Å². The van der Waals surface area contributed by atoms with Gasteiger partial charge in [0.15, 0.2) is 0 Å². The van der Waals surface area contributed by atoms with E-state index < -0.39 is 0 Å². The summed E-state index contributed by atoms with van der Waals surface area (Å²) in [5.41, 5.74) is 0. The van der Waals surface area contributed by atoms with E-state index in [2.05, 4.69) is 33.0 Å². The standard InChI is InChI=1S/C18H34N2O/c1-5-20(6-2)18(21)17-12-15(7-8-19-17)16-10-13(3)9-14(4)11-16/h13-17,19H,5-12H2,1-4H3. The summed E-state index contributed by atoms with van der Waals surface area (Å²) in [6.45, 7) is 11.6. The van der Waals surface area contributed by atoms with Gasteiger partial charge >= 0.3 is 0 Å². The molecule has 0 aromatic rings. The molecular formula is C18H34N2O. The summed E-state index contributed by atoms with van der Waals surface area (Å²) in [6, 6.07) is 0.0659. The van der Waals surface area contributed by atoms with Crippen molar-refractivity contribution >= 4 is 5.91 Å². The first-order valence-electron chi connectivity index (χ1n) is 9.07. The van der Waals surface area contributed by atoms with Crippen LogP contribution in [0.5, 0.6) is 0 Å². The number of nitrogens with one attached hydrogen (secondary N) is 1. The van der Waals surface area contributed by atoms with Crippen molar-refractivity contribution in [1.29, 1.82) is 0 Å². The van der Waals surface area contributed by atoms with Crippen LogP contribution in [0.2, 0.25) is 0 Å². The third-order valence-electron chi connectivity index (χ3n) is 5.70. The number of hydrogen-bond acceptors (Lipinski definition) is 2. The minimum atomic E-state index is 0.0659. The highest BCUT2D eigenvalue weighted by atomic mass is 16.2. The predicted molar refractivity (Wildman–Crippen MR) is 88.1 cm³/mol. The fourth-order valence-corrected chi connectivity index (χ4v) is 4.71. The molecular weight excluding hydrogens is 260 g/mol. The molecule has 2 rings (SSSR count). The van der Waals surface area contributed by atoms with Crippen molar-refractivity contribution in [1.82, 2.24) is 10.2 Å². The molecule has 0 bridgehead atoms. The first-order valence-corrected chi connectivity index (χ1v) is 9.07. The molecule has 4 unspecified atom stereocenters. The lowest BCUT2D eigenvalue weighted by molar-refractivity contribution is -0.134. The zero-order chi connectivity index (χ0) is 15.4. The van der Waals surface area contributed by atoms with Gasteiger partial charge in [0.1, 0.15) is 0 Å². The van der Waals surface area contributed by atoms with Gasteiger partial charge in [0.25, 0.3) is 0 Å². The lowest BCUT2D eigenvalue weighted by Gasteiger charge is -2.41. The predicted octanol–water partition coefficient (Wildman–Crippen LogP) is 3.30. The molecule has 1 heterocycles. The number of hydrogen-bond donors (Lipinski definition) is 1. The van der Waals surface area contributed by atoms with E-state index in [1.807, 2.05) is 4.90 Å². The van der Waals surface area contributed by atoms with E-state index in [4.69, 9.17) is 0 Å². The number of carbonyl (C=O) groups is 1. The van der Waals surface area contributed by atoms with Gasteiger partial charge < -0.3 is 10.2 Å². The Kier molecular flexibility index (Phi) is 6.09. The Morgan fingerprint density at radius 2 is 1.62 bits per heavy atom. The van der Waals surface area contributed by atoms with Crippen molar-refractivity contribution in [3.05, 3.63) is 0 Å². The summed E-state index contributed by atoms with van der Waals surface area (Å²) < 4.78 is 0. The van der Waals surface area contributed by atoms with Crippen LogP contribution in [0.1, 0.15) is 59.8 Å². The minimum absolute atomic E-state index is 0.0659. The fourth-order valence-electron chi connectivity index (χ4n) is 4.71. The number of nitrogens with zero attached hydrogens (tertiary/aromatic N) is 1. The van der Waals surface area contributed by atoms with Crippen LogP contribution < -0.4 is 5.32 Å². The summed E-state index contributed by atoms with van der Waals surface area (Å²) in [5, 5.41) is 3.47. The largest absolute Gasteiger partial charge is 0.342 e. The van der Waals surface area contributed by atoms with Crippen molar-refractivity contribution in [3.63, 3.8) is 0 Å². The van der Waals surface area contributed by atoms with Crippen molar-refractivity contribution < 1.29 is 4.79 Å². The number of likely N-dealkylation sites (N-methyl/N-ethyl adjacent to an activating group) is 1. The molecule has 0 aromatic carbocycles. The molecule has 0 aromatic heterocycles. The van der Waals surface area contributed by atoms with E-state index >= 15 is 0 Å². The van der Waals surface area contributed by atoms with Gasteiger partial charge in [0.2, 0.25) is 5.91 Å². The van der Waals surface area contributed by atoms with Gasteiger partial charge in [0.05, 0.1) is 6.04 Å². The highest BCUT2D eigenvalue weighted by Crippen LogP contribution is 2.40. The molecule has 122 valence electrons. The van der Waals surface area contributed by atoms with Crippen molar-refractivity contribution in [2.24, 2.45) is 23.7 Å². The van der Waals surface area contributed by atoms with E-state index in [1.165, 1.54) is 25.7 Å². The quantitative estimate of drug-likeness (QED) is 0.863. The first-order chi connectivity index (χ1) is 10.0. The Labute approximate surface area is 130 Å². The van der Waals surface area contributed by atoms with E-state index in [-0.39, 0.29) is 6.04 Å². The van der Waals surface area contributed by atoms with E-state index in [0.29, 0.717) is 5.91 Å². The number of carbonyl (C=O) groups excluding carboxylic acids is 1. The van der Waals surface area contributed by atoms with E-state index in [0.717, 1.165) is 49.7 Å². The Balaban J connectivity index is 1.95. The molecule has 4 atom stereocenters. The van der Waals surface area contributed by atoms with Gasteiger partial charge in [-0.05, 0) is 76.2 Å². The van der Waals surface area contributed by atoms with Crippen molar-refractivity contribution in [3.8, 4) is 0 Å². The molecule has 1 saturated heterocycles. The van der Waals surface area contributed by atoms with Crippen LogP contribution in [0.3, 0.4) is 0 Å². The fraction of sp³-hybridized carbons (Fsp3) is 0.944. The van der Waals surface area contributed by atoms with Gasteiger partial charge in [0, 0.05) is 13.1 Å². The zero-order valence-corrected chi connectivity index (χ0v) is 14.4. The molecule has 21 heavy (non-hydrogen) atoms. The Morgan fingerprint density at radius 1 is 1.00 bits per heavy atom. The number of amides is 1. The van der Waals surface area contributed by atoms with Crippen molar-refractivity contribution in [2.45, 2.75) is 65.8 Å². The second-order valence-electron chi connectivity index (χ2n) is 7.48. The van der Waals surface area contributed by atoms with Gasteiger partial charge in [-0.25, -0.2) is 0 Å². The SMILES string of the molecule is CCN(CC)C(=O)C1CC(C2CC(C)CC(C)C2)CCN1. The molecule has 2 aliphatic rings. The average molecular weight is 294 g/mol. The summed E-state index contributed by atoms with van der Waals surface area (Å²) >= 11 is 0. The van der Waals surface area contributed by atoms with E-state index in [9.17, 15) is 4.79 Å². The average Bonchev–Trinajstić information content (AvgIpc) is 2.47. The van der Waals surface area contributed by atoms with Crippen LogP contribution in [-0.4, -0.2) is 36.5 Å². The maximum Gasteiger partial charge on any atom is 0.239 e. The zero-order valence-electron chi connectivity index (χ0n) is 14.4. The van der Waals surface area contributed by atoms with Gasteiger partial charge in [-0.15, -0.1) is 0 Å². The minimum Gasteiger partial charge on any atom is -0.342 e. The molecule has 1 aliphatic carbocycles. The van der Waals surface area contributed by atoms with Gasteiger partial charge in [-0.1, -0.05) is 13.8 Å². The second-order valence-corrected chi connectivity index (χ2v) is 7.48. The van der Waals surface area contributed by atoms with Crippen molar-refractivity contribution in [2.75, 3.05) is 19.6 Å². The van der Waals surface area contributed by atoms with Gasteiger partial charge in [-0.3, -0.25) is 4.79 Å². The maximum absolute atomic E-state index is 12.6. The van der Waals surface area contributed by atoms with Crippen LogP contribution >= 0.6 is 0 Å². The van der Waals surface area contributed by atoms with Crippen LogP contribution in [0.4, 0.5) is 0 Å². The molecule has 3 heteroatoms. The van der Waals surface area contributed by atoms with Crippen LogP contribution in [-0.2, 0) is 4.79 Å². The summed E-state index contributed by atoms with van der Waals surface area (Å²) in [5.74, 6) is 3.65. The topological polar surface area (TPSA) is 32.3 Å².